The van der Waals surface area contributed by atoms with Gasteiger partial charge in [0.15, 0.2) is 0 Å². The summed E-state index contributed by atoms with van der Waals surface area (Å²) in [6, 6.07) is 4.75. The molecule has 0 fully saturated rings. The number of nitrogens with zero attached hydrogens (tertiary/aromatic N) is 2. The fourth-order valence-electron chi connectivity index (χ4n) is 2.42. The van der Waals surface area contributed by atoms with E-state index in [1.807, 2.05) is 0 Å². The number of amides is 1. The molecule has 0 aliphatic heterocycles. The molecule has 0 atom stereocenters. The Hall–Kier alpha value is -2.50. The number of pyridine rings is 1. The number of rotatable bonds is 7. The average Bonchev–Trinajstić information content (AvgIpc) is 2.57. The summed E-state index contributed by atoms with van der Waals surface area (Å²) in [6.07, 6.45) is 5.10. The van der Waals surface area contributed by atoms with Gasteiger partial charge in [-0.3, -0.25) is 9.78 Å². The SMILES string of the molecule is CCCN(CCC)c1cncc(C(=O)Nc2ccc(F)cc2F)c1. The number of benzene rings is 1. The van der Waals surface area contributed by atoms with E-state index in [-0.39, 0.29) is 5.69 Å². The van der Waals surface area contributed by atoms with E-state index >= 15 is 0 Å². The minimum absolute atomic E-state index is 0.0641. The summed E-state index contributed by atoms with van der Waals surface area (Å²) in [6.45, 7) is 5.91. The third-order valence-corrected chi connectivity index (χ3v) is 3.52. The zero-order chi connectivity index (χ0) is 17.5. The van der Waals surface area contributed by atoms with Gasteiger partial charge in [-0.05, 0) is 31.0 Å². The van der Waals surface area contributed by atoms with Crippen LogP contribution in [-0.2, 0) is 0 Å². The van der Waals surface area contributed by atoms with Gasteiger partial charge in [-0.25, -0.2) is 8.78 Å². The van der Waals surface area contributed by atoms with Gasteiger partial charge in [0.1, 0.15) is 11.6 Å². The molecule has 0 aliphatic rings. The molecule has 0 aliphatic carbocycles. The first-order valence-corrected chi connectivity index (χ1v) is 8.01. The molecule has 2 rings (SSSR count). The molecule has 1 aromatic carbocycles. The van der Waals surface area contributed by atoms with Gasteiger partial charge in [-0.2, -0.15) is 0 Å². The van der Waals surface area contributed by atoms with E-state index in [1.54, 1.807) is 12.3 Å². The second-order valence-corrected chi connectivity index (χ2v) is 5.50. The molecule has 128 valence electrons. The Morgan fingerprint density at radius 2 is 1.83 bits per heavy atom. The lowest BCUT2D eigenvalue weighted by molar-refractivity contribution is 0.102. The fourth-order valence-corrected chi connectivity index (χ4v) is 2.42. The van der Waals surface area contributed by atoms with Crippen LogP contribution in [0.3, 0.4) is 0 Å². The molecular formula is C18H21F2N3O. The molecular weight excluding hydrogens is 312 g/mol. The first kappa shape index (κ1) is 17.8. The second-order valence-electron chi connectivity index (χ2n) is 5.50. The van der Waals surface area contributed by atoms with E-state index in [4.69, 9.17) is 0 Å². The quantitative estimate of drug-likeness (QED) is 0.824. The topological polar surface area (TPSA) is 45.2 Å². The molecule has 1 heterocycles. The van der Waals surface area contributed by atoms with Crippen LogP contribution in [0.25, 0.3) is 0 Å². The van der Waals surface area contributed by atoms with Crippen molar-refractivity contribution in [2.75, 3.05) is 23.3 Å². The molecule has 6 heteroatoms. The number of anilines is 2. The highest BCUT2D eigenvalue weighted by atomic mass is 19.1. The number of hydrogen-bond donors (Lipinski definition) is 1. The third-order valence-electron chi connectivity index (χ3n) is 3.52. The van der Waals surface area contributed by atoms with Crippen LogP contribution in [0.4, 0.5) is 20.2 Å². The second kappa shape index (κ2) is 8.38. The average molecular weight is 333 g/mol. The van der Waals surface area contributed by atoms with Gasteiger partial charge in [-0.15, -0.1) is 0 Å². The van der Waals surface area contributed by atoms with Crippen LogP contribution in [-0.4, -0.2) is 24.0 Å². The van der Waals surface area contributed by atoms with Gasteiger partial charge in [0.2, 0.25) is 0 Å². The van der Waals surface area contributed by atoms with Crippen molar-refractivity contribution in [2.45, 2.75) is 26.7 Å². The predicted molar refractivity (Wildman–Crippen MR) is 91.3 cm³/mol. The summed E-state index contributed by atoms with van der Waals surface area (Å²) in [5.41, 5.74) is 1.12. The van der Waals surface area contributed by atoms with Crippen molar-refractivity contribution in [1.29, 1.82) is 0 Å². The van der Waals surface area contributed by atoms with E-state index in [1.165, 1.54) is 12.3 Å². The standard InChI is InChI=1S/C18H21F2N3O/c1-3-7-23(8-4-2)15-9-13(11-21-12-15)18(24)22-17-6-5-14(19)10-16(17)20/h5-6,9-12H,3-4,7-8H2,1-2H3,(H,22,24). The Labute approximate surface area is 140 Å². The fraction of sp³-hybridized carbons (Fsp3) is 0.333. The Morgan fingerprint density at radius 3 is 2.46 bits per heavy atom. The molecule has 0 spiro atoms. The molecule has 0 saturated heterocycles. The highest BCUT2D eigenvalue weighted by molar-refractivity contribution is 6.04. The molecule has 1 N–H and O–H groups in total. The minimum Gasteiger partial charge on any atom is -0.370 e. The molecule has 1 amide bonds. The summed E-state index contributed by atoms with van der Waals surface area (Å²) in [5.74, 6) is -1.99. The largest absolute Gasteiger partial charge is 0.370 e. The molecule has 0 saturated carbocycles. The number of carbonyl (C=O) groups is 1. The molecule has 0 bridgehead atoms. The van der Waals surface area contributed by atoms with Gasteiger partial charge < -0.3 is 10.2 Å². The van der Waals surface area contributed by atoms with Crippen molar-refractivity contribution in [3.8, 4) is 0 Å². The van der Waals surface area contributed by atoms with Crippen LogP contribution in [0.2, 0.25) is 0 Å². The Balaban J connectivity index is 2.19. The normalized spacial score (nSPS) is 10.5. The smallest absolute Gasteiger partial charge is 0.257 e. The van der Waals surface area contributed by atoms with Crippen LogP contribution in [0.15, 0.2) is 36.7 Å². The van der Waals surface area contributed by atoms with Gasteiger partial charge in [0, 0.05) is 25.4 Å². The van der Waals surface area contributed by atoms with Crippen LogP contribution in [0.1, 0.15) is 37.0 Å². The first-order chi connectivity index (χ1) is 11.5. The highest BCUT2D eigenvalue weighted by Gasteiger charge is 2.13. The Morgan fingerprint density at radius 1 is 1.12 bits per heavy atom. The first-order valence-electron chi connectivity index (χ1n) is 8.01. The summed E-state index contributed by atoms with van der Waals surface area (Å²) in [7, 11) is 0. The van der Waals surface area contributed by atoms with Gasteiger partial charge in [0.25, 0.3) is 5.91 Å². The lowest BCUT2D eigenvalue weighted by Gasteiger charge is -2.23. The number of nitrogens with one attached hydrogen (secondary N) is 1. The van der Waals surface area contributed by atoms with Crippen LogP contribution >= 0.6 is 0 Å². The minimum atomic E-state index is -0.814. The number of aromatic nitrogens is 1. The van der Waals surface area contributed by atoms with Crippen molar-refractivity contribution in [2.24, 2.45) is 0 Å². The molecule has 0 radical (unpaired) electrons. The van der Waals surface area contributed by atoms with E-state index in [9.17, 15) is 13.6 Å². The van der Waals surface area contributed by atoms with Crippen molar-refractivity contribution >= 4 is 17.3 Å². The summed E-state index contributed by atoms with van der Waals surface area (Å²) in [4.78, 5) is 18.6. The van der Waals surface area contributed by atoms with Crippen molar-refractivity contribution in [1.82, 2.24) is 4.98 Å². The monoisotopic (exact) mass is 333 g/mol. The van der Waals surface area contributed by atoms with E-state index in [2.05, 4.69) is 29.0 Å². The van der Waals surface area contributed by atoms with Crippen molar-refractivity contribution in [3.05, 3.63) is 53.9 Å². The van der Waals surface area contributed by atoms with Gasteiger partial charge >= 0.3 is 0 Å². The molecule has 4 nitrogen and oxygen atoms in total. The van der Waals surface area contributed by atoms with Crippen molar-refractivity contribution in [3.63, 3.8) is 0 Å². The molecule has 24 heavy (non-hydrogen) atoms. The predicted octanol–water partition coefficient (Wildman–Crippen LogP) is 4.24. The number of hydrogen-bond acceptors (Lipinski definition) is 3. The lowest BCUT2D eigenvalue weighted by Crippen LogP contribution is -2.25. The maximum Gasteiger partial charge on any atom is 0.257 e. The van der Waals surface area contributed by atoms with Gasteiger partial charge in [0.05, 0.1) is 23.1 Å². The molecule has 1 aromatic heterocycles. The highest BCUT2D eigenvalue weighted by Crippen LogP contribution is 2.19. The zero-order valence-corrected chi connectivity index (χ0v) is 13.9. The number of halogens is 2. The Bertz CT molecular complexity index is 700. The van der Waals surface area contributed by atoms with Crippen LogP contribution < -0.4 is 10.2 Å². The maximum absolute atomic E-state index is 13.7. The lowest BCUT2D eigenvalue weighted by atomic mass is 10.2. The van der Waals surface area contributed by atoms with Crippen LogP contribution in [0, 0.1) is 11.6 Å². The summed E-state index contributed by atoms with van der Waals surface area (Å²) in [5, 5.41) is 2.44. The number of carbonyl (C=O) groups excluding carboxylic acids is 1. The van der Waals surface area contributed by atoms with Crippen LogP contribution in [0.5, 0.6) is 0 Å². The maximum atomic E-state index is 13.7. The molecule has 0 unspecified atom stereocenters. The Kier molecular flexibility index (Phi) is 6.23. The third kappa shape index (κ3) is 4.50. The molecule has 2 aromatic rings. The zero-order valence-electron chi connectivity index (χ0n) is 13.9. The van der Waals surface area contributed by atoms with E-state index in [0.29, 0.717) is 5.56 Å². The summed E-state index contributed by atoms with van der Waals surface area (Å²) < 4.78 is 26.6. The van der Waals surface area contributed by atoms with E-state index in [0.717, 1.165) is 43.8 Å². The van der Waals surface area contributed by atoms with E-state index < -0.39 is 17.5 Å². The summed E-state index contributed by atoms with van der Waals surface area (Å²) >= 11 is 0. The van der Waals surface area contributed by atoms with Gasteiger partial charge in [-0.1, -0.05) is 13.8 Å². The van der Waals surface area contributed by atoms with Crippen molar-refractivity contribution < 1.29 is 13.6 Å².